The molecule has 0 heterocycles. The quantitative estimate of drug-likeness (QED) is 0.720. The highest BCUT2D eigenvalue weighted by Gasteiger charge is 2.23. The van der Waals surface area contributed by atoms with Gasteiger partial charge in [-0.15, -0.1) is 0 Å². The van der Waals surface area contributed by atoms with E-state index in [1.54, 1.807) is 13.2 Å². The molecule has 0 amide bonds. The minimum atomic E-state index is 0.410. The lowest BCUT2D eigenvalue weighted by atomic mass is 10.3. The average molecular weight is 179 g/mol. The third-order valence-electron chi connectivity index (χ3n) is 2.03. The lowest BCUT2D eigenvalue weighted by Gasteiger charge is -2.08. The topological polar surface area (TPSA) is 44.5 Å². The summed E-state index contributed by atoms with van der Waals surface area (Å²) in [6.07, 6.45) is 2.73. The highest BCUT2D eigenvalue weighted by atomic mass is 16.5. The van der Waals surface area contributed by atoms with Gasteiger partial charge in [0.1, 0.15) is 11.5 Å². The highest BCUT2D eigenvalue weighted by Crippen LogP contribution is 2.31. The summed E-state index contributed by atoms with van der Waals surface area (Å²) in [6, 6.07) is 5.50. The summed E-state index contributed by atoms with van der Waals surface area (Å²) in [5, 5.41) is 0. The Morgan fingerprint density at radius 1 is 1.38 bits per heavy atom. The maximum Gasteiger partial charge on any atom is 0.145 e. The molecule has 0 spiro atoms. The van der Waals surface area contributed by atoms with Crippen LogP contribution in [0.15, 0.2) is 18.2 Å². The first-order chi connectivity index (χ1) is 6.29. The molecule has 1 fully saturated rings. The molecule has 1 aromatic carbocycles. The monoisotopic (exact) mass is 179 g/mol. The van der Waals surface area contributed by atoms with Crippen LogP contribution in [0.25, 0.3) is 0 Å². The molecule has 0 saturated heterocycles. The number of anilines is 1. The van der Waals surface area contributed by atoms with Crippen molar-refractivity contribution >= 4 is 5.69 Å². The summed E-state index contributed by atoms with van der Waals surface area (Å²) >= 11 is 0. The van der Waals surface area contributed by atoms with Crippen LogP contribution < -0.4 is 15.2 Å². The van der Waals surface area contributed by atoms with E-state index in [0.717, 1.165) is 18.6 Å². The molecule has 2 rings (SSSR count). The predicted molar refractivity (Wildman–Crippen MR) is 51.1 cm³/mol. The Balaban J connectivity index is 2.16. The molecule has 0 bridgehead atoms. The Kier molecular flexibility index (Phi) is 2.00. The summed E-state index contributed by atoms with van der Waals surface area (Å²) in [4.78, 5) is 0. The van der Waals surface area contributed by atoms with Crippen molar-refractivity contribution in [2.24, 2.45) is 0 Å². The first kappa shape index (κ1) is 8.23. The third-order valence-corrected chi connectivity index (χ3v) is 2.03. The molecule has 0 aromatic heterocycles. The molecule has 0 radical (unpaired) electrons. The first-order valence-electron chi connectivity index (χ1n) is 4.40. The number of hydrogen-bond donors (Lipinski definition) is 1. The number of nitrogens with two attached hydrogens (primary N) is 1. The maximum atomic E-state index is 5.67. The fourth-order valence-corrected chi connectivity index (χ4v) is 1.14. The summed E-state index contributed by atoms with van der Waals surface area (Å²) in [7, 11) is 1.60. The van der Waals surface area contributed by atoms with Gasteiger partial charge in [0.2, 0.25) is 0 Å². The van der Waals surface area contributed by atoms with Gasteiger partial charge in [-0.25, -0.2) is 0 Å². The van der Waals surface area contributed by atoms with Crippen LogP contribution in [0.4, 0.5) is 5.69 Å². The van der Waals surface area contributed by atoms with Gasteiger partial charge in [-0.1, -0.05) is 0 Å². The second-order valence-corrected chi connectivity index (χ2v) is 3.22. The molecule has 70 valence electrons. The molecular formula is C10H13NO2. The van der Waals surface area contributed by atoms with E-state index in [1.165, 1.54) is 0 Å². The predicted octanol–water partition coefficient (Wildman–Crippen LogP) is 1.82. The van der Waals surface area contributed by atoms with Crippen LogP contribution in [-0.2, 0) is 0 Å². The van der Waals surface area contributed by atoms with Crippen molar-refractivity contribution in [3.05, 3.63) is 18.2 Å². The third kappa shape index (κ3) is 1.86. The molecule has 3 heteroatoms. The minimum Gasteiger partial charge on any atom is -0.494 e. The summed E-state index contributed by atoms with van der Waals surface area (Å²) < 4.78 is 10.7. The standard InChI is InChI=1S/C10H13NO2/c1-12-10-6-8(4-5-9(10)11)13-7-2-3-7/h4-7H,2-3,11H2,1H3. The first-order valence-corrected chi connectivity index (χ1v) is 4.40. The number of hydrogen-bond acceptors (Lipinski definition) is 3. The fraction of sp³-hybridized carbons (Fsp3) is 0.400. The average Bonchev–Trinajstić information content (AvgIpc) is 2.92. The van der Waals surface area contributed by atoms with E-state index in [-0.39, 0.29) is 0 Å². The number of benzene rings is 1. The zero-order valence-electron chi connectivity index (χ0n) is 7.62. The molecule has 13 heavy (non-hydrogen) atoms. The van der Waals surface area contributed by atoms with E-state index in [4.69, 9.17) is 15.2 Å². The molecule has 0 aliphatic heterocycles. The molecule has 2 N–H and O–H groups in total. The summed E-state index contributed by atoms with van der Waals surface area (Å²) in [6.45, 7) is 0. The maximum absolute atomic E-state index is 5.67. The van der Waals surface area contributed by atoms with Crippen molar-refractivity contribution in [2.45, 2.75) is 18.9 Å². The Bertz CT molecular complexity index is 308. The van der Waals surface area contributed by atoms with Crippen molar-refractivity contribution in [1.82, 2.24) is 0 Å². The second kappa shape index (κ2) is 3.17. The highest BCUT2D eigenvalue weighted by molar-refractivity contribution is 5.55. The van der Waals surface area contributed by atoms with E-state index < -0.39 is 0 Å². The number of nitrogen functional groups attached to an aromatic ring is 1. The van der Waals surface area contributed by atoms with Gasteiger partial charge in [0.25, 0.3) is 0 Å². The molecule has 1 aromatic rings. The van der Waals surface area contributed by atoms with Gasteiger partial charge in [0.15, 0.2) is 0 Å². The molecule has 3 nitrogen and oxygen atoms in total. The van der Waals surface area contributed by atoms with Crippen LogP contribution >= 0.6 is 0 Å². The van der Waals surface area contributed by atoms with E-state index >= 15 is 0 Å². The van der Waals surface area contributed by atoms with Crippen LogP contribution in [0.3, 0.4) is 0 Å². The molecule has 1 aliphatic carbocycles. The Hall–Kier alpha value is -1.38. The number of ether oxygens (including phenoxy) is 2. The number of rotatable bonds is 3. The van der Waals surface area contributed by atoms with Gasteiger partial charge in [-0.3, -0.25) is 0 Å². The Morgan fingerprint density at radius 3 is 2.77 bits per heavy atom. The van der Waals surface area contributed by atoms with Gasteiger partial charge in [-0.05, 0) is 25.0 Å². The van der Waals surface area contributed by atoms with Crippen molar-refractivity contribution in [3.8, 4) is 11.5 Å². The van der Waals surface area contributed by atoms with Crippen molar-refractivity contribution in [1.29, 1.82) is 0 Å². The van der Waals surface area contributed by atoms with Gasteiger partial charge in [0, 0.05) is 6.07 Å². The van der Waals surface area contributed by atoms with Gasteiger partial charge in [-0.2, -0.15) is 0 Å². The molecule has 0 unspecified atom stereocenters. The van der Waals surface area contributed by atoms with E-state index in [1.807, 2.05) is 12.1 Å². The van der Waals surface area contributed by atoms with Crippen LogP contribution in [0.5, 0.6) is 11.5 Å². The van der Waals surface area contributed by atoms with E-state index in [2.05, 4.69) is 0 Å². The van der Waals surface area contributed by atoms with Crippen LogP contribution in [0.2, 0.25) is 0 Å². The molecule has 1 aliphatic rings. The lowest BCUT2D eigenvalue weighted by molar-refractivity contribution is 0.301. The Labute approximate surface area is 77.5 Å². The number of methoxy groups -OCH3 is 1. The van der Waals surface area contributed by atoms with Crippen LogP contribution in [0.1, 0.15) is 12.8 Å². The van der Waals surface area contributed by atoms with Crippen LogP contribution in [-0.4, -0.2) is 13.2 Å². The molecule has 0 atom stereocenters. The van der Waals surface area contributed by atoms with Crippen molar-refractivity contribution < 1.29 is 9.47 Å². The largest absolute Gasteiger partial charge is 0.494 e. The summed E-state index contributed by atoms with van der Waals surface area (Å²) in [5.74, 6) is 1.52. The SMILES string of the molecule is COc1cc(OC2CC2)ccc1N. The van der Waals surface area contributed by atoms with E-state index in [0.29, 0.717) is 17.5 Å². The summed E-state index contributed by atoms with van der Waals surface area (Å²) in [5.41, 5.74) is 6.31. The smallest absolute Gasteiger partial charge is 0.145 e. The van der Waals surface area contributed by atoms with Gasteiger partial charge in [0.05, 0.1) is 18.9 Å². The molecular weight excluding hydrogens is 166 g/mol. The second-order valence-electron chi connectivity index (χ2n) is 3.22. The van der Waals surface area contributed by atoms with Crippen LogP contribution in [0, 0.1) is 0 Å². The van der Waals surface area contributed by atoms with Gasteiger partial charge < -0.3 is 15.2 Å². The Morgan fingerprint density at radius 2 is 2.15 bits per heavy atom. The zero-order valence-corrected chi connectivity index (χ0v) is 7.62. The molecule has 1 saturated carbocycles. The van der Waals surface area contributed by atoms with Crippen molar-refractivity contribution in [2.75, 3.05) is 12.8 Å². The fourth-order valence-electron chi connectivity index (χ4n) is 1.14. The van der Waals surface area contributed by atoms with Crippen molar-refractivity contribution in [3.63, 3.8) is 0 Å². The minimum absolute atomic E-state index is 0.410. The zero-order chi connectivity index (χ0) is 9.26. The van der Waals surface area contributed by atoms with E-state index in [9.17, 15) is 0 Å². The normalized spacial score (nSPS) is 15.5. The van der Waals surface area contributed by atoms with Gasteiger partial charge >= 0.3 is 0 Å². The lowest BCUT2D eigenvalue weighted by Crippen LogP contribution is -1.97.